The predicted octanol–water partition coefficient (Wildman–Crippen LogP) is 1.95. The minimum atomic E-state index is -0.435. The molecule has 5 heteroatoms. The maximum absolute atomic E-state index is 10.5. The van der Waals surface area contributed by atoms with Crippen LogP contribution in [0.4, 0.5) is 11.4 Å². The largest absolute Gasteiger partial charge is 0.377 e. The van der Waals surface area contributed by atoms with Gasteiger partial charge in [0.15, 0.2) is 0 Å². The molecule has 0 atom stereocenters. The zero-order chi connectivity index (χ0) is 10.0. The quantitative estimate of drug-likeness (QED) is 0.449. The van der Waals surface area contributed by atoms with Crippen LogP contribution in [-0.2, 0) is 0 Å². The van der Waals surface area contributed by atoms with Crippen LogP contribution in [0.3, 0.4) is 0 Å². The van der Waals surface area contributed by atoms with Gasteiger partial charge >= 0.3 is 0 Å². The zero-order valence-electron chi connectivity index (χ0n) is 7.39. The molecule has 0 spiro atoms. The maximum atomic E-state index is 10.5. The van der Waals surface area contributed by atoms with Crippen LogP contribution in [0.2, 0.25) is 0 Å². The van der Waals surface area contributed by atoms with Crippen molar-refractivity contribution in [3.05, 3.63) is 28.3 Å². The fraction of sp³-hybridized carbons (Fsp3) is 0.250. The monoisotopic (exact) mass is 198 g/mol. The summed E-state index contributed by atoms with van der Waals surface area (Å²) in [6.07, 6.45) is 0. The molecule has 0 amide bonds. The number of benzene rings is 1. The van der Waals surface area contributed by atoms with Crippen molar-refractivity contribution in [2.45, 2.75) is 4.90 Å². The number of rotatable bonds is 2. The molecule has 0 fully saturated rings. The first-order valence-electron chi connectivity index (χ1n) is 3.67. The van der Waals surface area contributed by atoms with Crippen molar-refractivity contribution in [3.8, 4) is 0 Å². The molecule has 70 valence electrons. The second kappa shape index (κ2) is 3.66. The Balaban J connectivity index is 3.19. The van der Waals surface area contributed by atoms with Gasteiger partial charge in [-0.3, -0.25) is 10.1 Å². The summed E-state index contributed by atoms with van der Waals surface area (Å²) in [6.45, 7) is 0. The third kappa shape index (κ3) is 2.12. The van der Waals surface area contributed by atoms with Crippen molar-refractivity contribution in [2.75, 3.05) is 19.0 Å². The summed E-state index contributed by atoms with van der Waals surface area (Å²) in [5, 5.41) is 10.5. The van der Waals surface area contributed by atoms with E-state index in [0.29, 0.717) is 4.90 Å². The molecule has 0 N–H and O–H groups in total. The maximum Gasteiger partial charge on any atom is 0.284 e. The molecule has 0 aliphatic carbocycles. The SMILES string of the molecule is CN(C)c1ccc(S)c([N+](=O)[O-])c1. The van der Waals surface area contributed by atoms with E-state index in [2.05, 4.69) is 12.6 Å². The van der Waals surface area contributed by atoms with E-state index < -0.39 is 4.92 Å². The molecule has 0 aromatic heterocycles. The van der Waals surface area contributed by atoms with Crippen LogP contribution in [0.1, 0.15) is 0 Å². The smallest absolute Gasteiger partial charge is 0.284 e. The molecule has 0 aliphatic rings. The van der Waals surface area contributed by atoms with E-state index >= 15 is 0 Å². The number of nitrogens with zero attached hydrogens (tertiary/aromatic N) is 2. The van der Waals surface area contributed by atoms with Crippen molar-refractivity contribution in [3.63, 3.8) is 0 Å². The average Bonchev–Trinajstić information content (AvgIpc) is 2.04. The Hall–Kier alpha value is -1.23. The molecule has 0 aliphatic heterocycles. The van der Waals surface area contributed by atoms with Crippen molar-refractivity contribution >= 4 is 24.0 Å². The lowest BCUT2D eigenvalue weighted by molar-refractivity contribution is -0.387. The van der Waals surface area contributed by atoms with E-state index in [1.54, 1.807) is 17.0 Å². The number of hydrogen-bond donors (Lipinski definition) is 1. The topological polar surface area (TPSA) is 46.4 Å². The second-order valence-corrected chi connectivity index (χ2v) is 3.31. The Bertz CT molecular complexity index is 339. The highest BCUT2D eigenvalue weighted by Gasteiger charge is 2.11. The molecule has 0 saturated heterocycles. The van der Waals surface area contributed by atoms with Gasteiger partial charge in [0.2, 0.25) is 0 Å². The standard InChI is InChI=1S/C8H10N2O2S/c1-9(2)6-3-4-8(13)7(5-6)10(11)12/h3-5,13H,1-2H3. The van der Waals surface area contributed by atoms with Gasteiger partial charge in [0.05, 0.1) is 9.82 Å². The average molecular weight is 198 g/mol. The van der Waals surface area contributed by atoms with Crippen LogP contribution in [0.15, 0.2) is 23.1 Å². The lowest BCUT2D eigenvalue weighted by Crippen LogP contribution is -2.08. The molecular formula is C8H10N2O2S. The minimum absolute atomic E-state index is 0.0366. The van der Waals surface area contributed by atoms with E-state index in [-0.39, 0.29) is 5.69 Å². The van der Waals surface area contributed by atoms with Crippen molar-refractivity contribution in [2.24, 2.45) is 0 Å². The van der Waals surface area contributed by atoms with E-state index in [9.17, 15) is 10.1 Å². The number of thiol groups is 1. The van der Waals surface area contributed by atoms with Crippen molar-refractivity contribution in [1.82, 2.24) is 0 Å². The second-order valence-electron chi connectivity index (χ2n) is 2.82. The first-order valence-corrected chi connectivity index (χ1v) is 4.12. The van der Waals surface area contributed by atoms with Crippen LogP contribution in [-0.4, -0.2) is 19.0 Å². The lowest BCUT2D eigenvalue weighted by Gasteiger charge is -2.11. The van der Waals surface area contributed by atoms with Gasteiger partial charge in [0, 0.05) is 25.8 Å². The van der Waals surface area contributed by atoms with Gasteiger partial charge in [-0.1, -0.05) is 0 Å². The summed E-state index contributed by atoms with van der Waals surface area (Å²) in [4.78, 5) is 12.3. The summed E-state index contributed by atoms with van der Waals surface area (Å²) >= 11 is 3.99. The van der Waals surface area contributed by atoms with Gasteiger partial charge in [-0.15, -0.1) is 12.6 Å². The van der Waals surface area contributed by atoms with Gasteiger partial charge < -0.3 is 4.90 Å². The highest BCUT2D eigenvalue weighted by atomic mass is 32.1. The van der Waals surface area contributed by atoms with E-state index in [4.69, 9.17) is 0 Å². The summed E-state index contributed by atoms with van der Waals surface area (Å²) in [6, 6.07) is 4.91. The molecule has 0 radical (unpaired) electrons. The predicted molar refractivity (Wildman–Crippen MR) is 54.7 cm³/mol. The molecule has 0 heterocycles. The number of nitro benzene ring substituents is 1. The fourth-order valence-corrected chi connectivity index (χ4v) is 1.16. The Morgan fingerprint density at radius 1 is 1.46 bits per heavy atom. The first-order chi connectivity index (χ1) is 6.02. The van der Waals surface area contributed by atoms with E-state index in [1.807, 2.05) is 14.1 Å². The minimum Gasteiger partial charge on any atom is -0.377 e. The Morgan fingerprint density at radius 2 is 2.08 bits per heavy atom. The highest BCUT2D eigenvalue weighted by molar-refractivity contribution is 7.80. The van der Waals surface area contributed by atoms with Crippen molar-refractivity contribution in [1.29, 1.82) is 0 Å². The summed E-state index contributed by atoms with van der Waals surface area (Å²) in [5.74, 6) is 0. The van der Waals surface area contributed by atoms with Gasteiger partial charge in [-0.05, 0) is 12.1 Å². The number of hydrogen-bond acceptors (Lipinski definition) is 4. The lowest BCUT2D eigenvalue weighted by atomic mass is 10.2. The summed E-state index contributed by atoms with van der Waals surface area (Å²) in [5.41, 5.74) is 0.832. The fourth-order valence-electron chi connectivity index (χ4n) is 0.936. The normalized spacial score (nSPS) is 9.77. The van der Waals surface area contributed by atoms with Crippen LogP contribution >= 0.6 is 12.6 Å². The molecule has 1 rings (SSSR count). The molecule has 0 unspecified atom stereocenters. The molecular weight excluding hydrogens is 188 g/mol. The number of nitro groups is 1. The molecule has 0 bridgehead atoms. The van der Waals surface area contributed by atoms with Gasteiger partial charge in [0.1, 0.15) is 0 Å². The Labute approximate surface area is 81.7 Å². The summed E-state index contributed by atoms with van der Waals surface area (Å²) < 4.78 is 0. The van der Waals surface area contributed by atoms with Crippen LogP contribution in [0.5, 0.6) is 0 Å². The van der Waals surface area contributed by atoms with Crippen LogP contribution in [0.25, 0.3) is 0 Å². The van der Waals surface area contributed by atoms with Crippen molar-refractivity contribution < 1.29 is 4.92 Å². The third-order valence-electron chi connectivity index (χ3n) is 1.67. The summed E-state index contributed by atoms with van der Waals surface area (Å²) in [7, 11) is 3.66. The Kier molecular flexibility index (Phi) is 2.77. The van der Waals surface area contributed by atoms with Crippen LogP contribution in [0, 0.1) is 10.1 Å². The molecule has 0 saturated carbocycles. The highest BCUT2D eigenvalue weighted by Crippen LogP contribution is 2.26. The van der Waals surface area contributed by atoms with Crippen LogP contribution < -0.4 is 4.90 Å². The van der Waals surface area contributed by atoms with E-state index in [1.165, 1.54) is 6.07 Å². The Morgan fingerprint density at radius 3 is 2.54 bits per heavy atom. The molecule has 1 aromatic rings. The third-order valence-corrected chi connectivity index (χ3v) is 2.05. The van der Waals surface area contributed by atoms with E-state index in [0.717, 1.165) is 5.69 Å². The first kappa shape index (κ1) is 9.85. The molecule has 4 nitrogen and oxygen atoms in total. The van der Waals surface area contributed by atoms with Gasteiger partial charge in [0.25, 0.3) is 5.69 Å². The zero-order valence-corrected chi connectivity index (χ0v) is 8.28. The molecule has 1 aromatic carbocycles. The number of anilines is 1. The molecule has 13 heavy (non-hydrogen) atoms. The van der Waals surface area contributed by atoms with Gasteiger partial charge in [-0.2, -0.15) is 0 Å². The van der Waals surface area contributed by atoms with Gasteiger partial charge in [-0.25, -0.2) is 0 Å².